The Hall–Kier alpha value is -1.04. The van der Waals surface area contributed by atoms with Crippen LogP contribution >= 0.6 is 0 Å². The first kappa shape index (κ1) is 7.96. The number of hydrogen-bond donors (Lipinski definition) is 1. The summed E-state index contributed by atoms with van der Waals surface area (Å²) in [6.07, 6.45) is 0.635. The van der Waals surface area contributed by atoms with E-state index in [-0.39, 0.29) is 5.91 Å². The number of rotatable bonds is 3. The number of nitriles is 1. The lowest BCUT2D eigenvalue weighted by molar-refractivity contribution is -0.120. The van der Waals surface area contributed by atoms with Crippen LogP contribution in [-0.4, -0.2) is 12.5 Å². The van der Waals surface area contributed by atoms with Crippen LogP contribution in [0.4, 0.5) is 0 Å². The van der Waals surface area contributed by atoms with E-state index in [1.165, 1.54) is 0 Å². The zero-order valence-corrected chi connectivity index (χ0v) is 5.48. The number of amides is 1. The fourth-order valence-corrected chi connectivity index (χ4v) is 0.455. The fourth-order valence-electron chi connectivity index (χ4n) is 0.455. The standard InChI is InChI=1S/C6H10N2O/c1-2-8-6(9)4-3-5-7/h2-4H2,1H3,(H,8,9). The highest BCUT2D eigenvalue weighted by Gasteiger charge is 1.95. The molecule has 0 aliphatic heterocycles. The van der Waals surface area contributed by atoms with Crippen LogP contribution in [0.3, 0.4) is 0 Å². The Kier molecular flexibility index (Phi) is 4.51. The largest absolute Gasteiger partial charge is 0.356 e. The second kappa shape index (κ2) is 5.10. The monoisotopic (exact) mass is 126 g/mol. The van der Waals surface area contributed by atoms with E-state index >= 15 is 0 Å². The van der Waals surface area contributed by atoms with Gasteiger partial charge >= 0.3 is 0 Å². The van der Waals surface area contributed by atoms with Crippen molar-refractivity contribution >= 4 is 5.91 Å². The summed E-state index contributed by atoms with van der Waals surface area (Å²) in [6.45, 7) is 2.49. The van der Waals surface area contributed by atoms with Gasteiger partial charge in [-0.15, -0.1) is 0 Å². The summed E-state index contributed by atoms with van der Waals surface area (Å²) in [5.41, 5.74) is 0. The first-order valence-corrected chi connectivity index (χ1v) is 2.95. The fraction of sp³-hybridized carbons (Fsp3) is 0.667. The predicted molar refractivity (Wildman–Crippen MR) is 33.5 cm³/mol. The van der Waals surface area contributed by atoms with Crippen molar-refractivity contribution in [2.75, 3.05) is 6.54 Å². The molecule has 0 rings (SSSR count). The van der Waals surface area contributed by atoms with Gasteiger partial charge in [0.15, 0.2) is 0 Å². The molecule has 1 amide bonds. The second-order valence-electron chi connectivity index (χ2n) is 1.61. The van der Waals surface area contributed by atoms with E-state index in [1.54, 1.807) is 0 Å². The molecule has 0 aromatic carbocycles. The van der Waals surface area contributed by atoms with E-state index in [2.05, 4.69) is 5.32 Å². The molecule has 0 radical (unpaired) electrons. The summed E-state index contributed by atoms with van der Waals surface area (Å²) in [5, 5.41) is 10.6. The molecule has 0 aromatic heterocycles. The molecule has 0 fully saturated rings. The quantitative estimate of drug-likeness (QED) is 0.596. The average Bonchev–Trinajstić information content (AvgIpc) is 1.85. The number of hydrogen-bond acceptors (Lipinski definition) is 2. The van der Waals surface area contributed by atoms with E-state index < -0.39 is 0 Å². The van der Waals surface area contributed by atoms with Crippen molar-refractivity contribution in [2.45, 2.75) is 19.8 Å². The second-order valence-corrected chi connectivity index (χ2v) is 1.61. The third-order valence-electron chi connectivity index (χ3n) is 0.838. The van der Waals surface area contributed by atoms with Crippen molar-refractivity contribution in [3.8, 4) is 6.07 Å². The lowest BCUT2D eigenvalue weighted by Crippen LogP contribution is -2.21. The maximum absolute atomic E-state index is 10.5. The molecule has 0 aliphatic carbocycles. The van der Waals surface area contributed by atoms with Gasteiger partial charge in [-0.25, -0.2) is 0 Å². The molecular formula is C6H10N2O. The molecule has 0 atom stereocenters. The van der Waals surface area contributed by atoms with Gasteiger partial charge in [0.25, 0.3) is 0 Å². The minimum absolute atomic E-state index is 0.0425. The highest BCUT2D eigenvalue weighted by atomic mass is 16.1. The van der Waals surface area contributed by atoms with E-state index in [0.29, 0.717) is 19.4 Å². The molecule has 0 heterocycles. The molecule has 1 N–H and O–H groups in total. The van der Waals surface area contributed by atoms with Crippen molar-refractivity contribution in [1.82, 2.24) is 5.32 Å². The zero-order valence-electron chi connectivity index (χ0n) is 5.48. The topological polar surface area (TPSA) is 52.9 Å². The highest BCUT2D eigenvalue weighted by molar-refractivity contribution is 5.75. The van der Waals surface area contributed by atoms with Crippen LogP contribution in [0.1, 0.15) is 19.8 Å². The lowest BCUT2D eigenvalue weighted by Gasteiger charge is -1.95. The van der Waals surface area contributed by atoms with Crippen LogP contribution in [-0.2, 0) is 4.79 Å². The zero-order chi connectivity index (χ0) is 7.11. The van der Waals surface area contributed by atoms with Crippen LogP contribution < -0.4 is 5.32 Å². The first-order chi connectivity index (χ1) is 4.31. The normalized spacial score (nSPS) is 8.00. The third kappa shape index (κ3) is 4.82. The minimum atomic E-state index is -0.0425. The van der Waals surface area contributed by atoms with Crippen LogP contribution in [0.15, 0.2) is 0 Å². The van der Waals surface area contributed by atoms with Gasteiger partial charge in [-0.1, -0.05) is 0 Å². The molecule has 0 aliphatic rings. The molecule has 3 nitrogen and oxygen atoms in total. The Bertz CT molecular complexity index is 126. The van der Waals surface area contributed by atoms with Gasteiger partial charge in [0.1, 0.15) is 0 Å². The highest BCUT2D eigenvalue weighted by Crippen LogP contribution is 1.83. The summed E-state index contributed by atoms with van der Waals surface area (Å²) in [4.78, 5) is 10.5. The Morgan fingerprint density at radius 3 is 2.89 bits per heavy atom. The molecule has 0 saturated carbocycles. The van der Waals surface area contributed by atoms with Gasteiger partial charge < -0.3 is 5.32 Å². The van der Waals surface area contributed by atoms with Crippen LogP contribution in [0.2, 0.25) is 0 Å². The summed E-state index contributed by atoms with van der Waals surface area (Å²) >= 11 is 0. The molecule has 3 heteroatoms. The molecule has 0 bridgehead atoms. The van der Waals surface area contributed by atoms with Crippen molar-refractivity contribution in [3.63, 3.8) is 0 Å². The summed E-state index contributed by atoms with van der Waals surface area (Å²) in [5.74, 6) is -0.0425. The average molecular weight is 126 g/mol. The number of nitrogens with zero attached hydrogens (tertiary/aromatic N) is 1. The van der Waals surface area contributed by atoms with Crippen LogP contribution in [0, 0.1) is 11.3 Å². The van der Waals surface area contributed by atoms with Gasteiger partial charge in [0, 0.05) is 19.4 Å². The van der Waals surface area contributed by atoms with E-state index in [0.717, 1.165) is 0 Å². The molecule has 50 valence electrons. The SMILES string of the molecule is CCNC(=O)CCC#N. The smallest absolute Gasteiger partial charge is 0.221 e. The maximum Gasteiger partial charge on any atom is 0.221 e. The molecule has 0 saturated heterocycles. The number of carbonyl (C=O) groups is 1. The van der Waals surface area contributed by atoms with Crippen LogP contribution in [0.25, 0.3) is 0 Å². The van der Waals surface area contributed by atoms with Crippen LogP contribution in [0.5, 0.6) is 0 Å². The molecular weight excluding hydrogens is 116 g/mol. The summed E-state index contributed by atoms with van der Waals surface area (Å²) < 4.78 is 0. The van der Waals surface area contributed by atoms with Crippen molar-refractivity contribution in [3.05, 3.63) is 0 Å². The molecule has 0 aromatic rings. The molecule has 0 spiro atoms. The lowest BCUT2D eigenvalue weighted by atomic mass is 10.3. The van der Waals surface area contributed by atoms with E-state index in [4.69, 9.17) is 5.26 Å². The van der Waals surface area contributed by atoms with E-state index in [1.807, 2.05) is 13.0 Å². The number of nitrogens with one attached hydrogen (secondary N) is 1. The maximum atomic E-state index is 10.5. The summed E-state index contributed by atoms with van der Waals surface area (Å²) in [7, 11) is 0. The van der Waals surface area contributed by atoms with Gasteiger partial charge in [-0.3, -0.25) is 4.79 Å². The molecule has 9 heavy (non-hydrogen) atoms. The summed E-state index contributed by atoms with van der Waals surface area (Å²) in [6, 6.07) is 1.90. The van der Waals surface area contributed by atoms with E-state index in [9.17, 15) is 4.79 Å². The van der Waals surface area contributed by atoms with Gasteiger partial charge in [-0.05, 0) is 6.92 Å². The Balaban J connectivity index is 3.19. The first-order valence-electron chi connectivity index (χ1n) is 2.95. The number of carbonyl (C=O) groups excluding carboxylic acids is 1. The van der Waals surface area contributed by atoms with Crippen molar-refractivity contribution < 1.29 is 4.79 Å². The molecule has 0 unspecified atom stereocenters. The Morgan fingerprint density at radius 1 is 1.78 bits per heavy atom. The predicted octanol–water partition coefficient (Wildman–Crippen LogP) is 0.426. The van der Waals surface area contributed by atoms with Gasteiger partial charge in [0.05, 0.1) is 6.07 Å². The Morgan fingerprint density at radius 2 is 2.44 bits per heavy atom. The third-order valence-corrected chi connectivity index (χ3v) is 0.838. The van der Waals surface area contributed by atoms with Gasteiger partial charge in [0.2, 0.25) is 5.91 Å². The minimum Gasteiger partial charge on any atom is -0.356 e. The van der Waals surface area contributed by atoms with Crippen molar-refractivity contribution in [2.24, 2.45) is 0 Å². The van der Waals surface area contributed by atoms with Crippen molar-refractivity contribution in [1.29, 1.82) is 5.26 Å². The Labute approximate surface area is 54.7 Å². The van der Waals surface area contributed by atoms with Gasteiger partial charge in [-0.2, -0.15) is 5.26 Å².